The molecule has 0 aromatic heterocycles. The summed E-state index contributed by atoms with van der Waals surface area (Å²) in [6, 6.07) is -0.250. The van der Waals surface area contributed by atoms with Gasteiger partial charge in [-0.05, 0) is 59.3 Å². The van der Waals surface area contributed by atoms with Gasteiger partial charge in [0.25, 0.3) is 0 Å². The number of amides is 1. The van der Waals surface area contributed by atoms with Crippen LogP contribution < -0.4 is 0 Å². The number of aliphatic carboxylic acids is 1. The minimum atomic E-state index is -0.895. The van der Waals surface area contributed by atoms with Gasteiger partial charge in [-0.1, -0.05) is 20.3 Å². The van der Waals surface area contributed by atoms with Gasteiger partial charge in [-0.15, -0.1) is 0 Å². The maximum atomic E-state index is 12.5. The summed E-state index contributed by atoms with van der Waals surface area (Å²) in [5, 5.41) is 9.49. The maximum Gasteiger partial charge on any atom is 0.410 e. The Hall–Kier alpha value is -1.30. The molecule has 26 heavy (non-hydrogen) atoms. The quantitative estimate of drug-likeness (QED) is 0.611. The Bertz CT molecular complexity index is 460. The highest BCUT2D eigenvalue weighted by atomic mass is 16.6. The molecule has 0 aromatic rings. The molecule has 1 aliphatic heterocycles. The Labute approximate surface area is 158 Å². The topological polar surface area (TPSA) is 76.1 Å². The van der Waals surface area contributed by atoms with Crippen LogP contribution in [0.2, 0.25) is 0 Å². The zero-order valence-corrected chi connectivity index (χ0v) is 17.3. The summed E-state index contributed by atoms with van der Waals surface area (Å²) < 4.78 is 11.5. The van der Waals surface area contributed by atoms with Crippen LogP contribution in [-0.4, -0.2) is 53.0 Å². The number of hydrogen-bond donors (Lipinski definition) is 1. The van der Waals surface area contributed by atoms with Crippen LogP contribution in [-0.2, 0) is 14.3 Å². The predicted octanol–water partition coefficient (Wildman–Crippen LogP) is 4.32. The van der Waals surface area contributed by atoms with Gasteiger partial charge in [0.2, 0.25) is 0 Å². The van der Waals surface area contributed by atoms with Crippen LogP contribution in [0.15, 0.2) is 0 Å². The van der Waals surface area contributed by atoms with E-state index in [4.69, 9.17) is 9.47 Å². The lowest BCUT2D eigenvalue weighted by molar-refractivity contribution is -0.149. The Morgan fingerprint density at radius 3 is 2.46 bits per heavy atom. The van der Waals surface area contributed by atoms with Crippen molar-refractivity contribution >= 4 is 12.1 Å². The third-order valence-corrected chi connectivity index (χ3v) is 5.04. The minimum Gasteiger partial charge on any atom is -0.481 e. The number of carboxylic acids is 1. The third kappa shape index (κ3) is 7.14. The third-order valence-electron chi connectivity index (χ3n) is 5.04. The van der Waals surface area contributed by atoms with E-state index in [1.807, 2.05) is 20.8 Å². The minimum absolute atomic E-state index is 0.250. The fourth-order valence-corrected chi connectivity index (χ4v) is 3.27. The van der Waals surface area contributed by atoms with E-state index in [1.54, 1.807) is 11.8 Å². The second-order valence-corrected chi connectivity index (χ2v) is 8.50. The van der Waals surface area contributed by atoms with E-state index in [9.17, 15) is 14.7 Å². The average Bonchev–Trinajstić information content (AvgIpc) is 3.01. The first-order chi connectivity index (χ1) is 12.1. The molecule has 1 N–H and O–H groups in total. The van der Waals surface area contributed by atoms with E-state index in [2.05, 4.69) is 13.8 Å². The number of nitrogens with zero attached hydrogens (tertiary/aromatic N) is 1. The van der Waals surface area contributed by atoms with Gasteiger partial charge >= 0.3 is 12.1 Å². The maximum absolute atomic E-state index is 12.5. The molecule has 0 spiro atoms. The van der Waals surface area contributed by atoms with Crippen molar-refractivity contribution in [3.8, 4) is 0 Å². The van der Waals surface area contributed by atoms with Crippen LogP contribution in [0.3, 0.4) is 0 Å². The summed E-state index contributed by atoms with van der Waals surface area (Å²) in [5.74, 6) is -0.932. The molecule has 152 valence electrons. The van der Waals surface area contributed by atoms with Crippen LogP contribution in [0.1, 0.15) is 73.6 Å². The van der Waals surface area contributed by atoms with Crippen molar-refractivity contribution < 1.29 is 24.2 Å². The number of ether oxygens (including phenoxy) is 2. The van der Waals surface area contributed by atoms with Gasteiger partial charge in [0.1, 0.15) is 5.60 Å². The van der Waals surface area contributed by atoms with E-state index in [-0.39, 0.29) is 12.1 Å². The van der Waals surface area contributed by atoms with Gasteiger partial charge < -0.3 is 19.5 Å². The largest absolute Gasteiger partial charge is 0.481 e. The molecule has 0 radical (unpaired) electrons. The van der Waals surface area contributed by atoms with Crippen molar-refractivity contribution in [2.75, 3.05) is 13.2 Å². The average molecular weight is 372 g/mol. The zero-order valence-electron chi connectivity index (χ0n) is 17.3. The van der Waals surface area contributed by atoms with E-state index in [1.165, 1.54) is 0 Å². The number of rotatable bonds is 9. The molecular weight excluding hydrogens is 334 g/mol. The molecule has 0 saturated carbocycles. The summed E-state index contributed by atoms with van der Waals surface area (Å²) in [6.07, 6.45) is 3.77. The molecule has 6 nitrogen and oxygen atoms in total. The monoisotopic (exact) mass is 371 g/mol. The highest BCUT2D eigenvalue weighted by Gasteiger charge is 2.41. The van der Waals surface area contributed by atoms with Crippen LogP contribution in [0.25, 0.3) is 0 Å². The number of carbonyl (C=O) groups is 2. The highest BCUT2D eigenvalue weighted by molar-refractivity contribution is 5.71. The van der Waals surface area contributed by atoms with Crippen LogP contribution in [0.5, 0.6) is 0 Å². The van der Waals surface area contributed by atoms with Crippen molar-refractivity contribution in [3.05, 3.63) is 0 Å². The van der Waals surface area contributed by atoms with Crippen molar-refractivity contribution in [3.63, 3.8) is 0 Å². The van der Waals surface area contributed by atoms with Crippen LogP contribution in [0.4, 0.5) is 4.79 Å². The normalized spacial score (nSPS) is 21.3. The first-order valence-electron chi connectivity index (χ1n) is 9.90. The lowest BCUT2D eigenvalue weighted by atomic mass is 9.95. The van der Waals surface area contributed by atoms with E-state index >= 15 is 0 Å². The molecule has 1 rings (SSSR count). The first kappa shape index (κ1) is 22.7. The van der Waals surface area contributed by atoms with Gasteiger partial charge in [0.05, 0.1) is 18.1 Å². The molecule has 1 heterocycles. The molecule has 0 aliphatic carbocycles. The molecule has 1 unspecified atom stereocenters. The first-order valence-corrected chi connectivity index (χ1v) is 9.90. The fraction of sp³-hybridized carbons (Fsp3) is 0.900. The molecule has 1 fully saturated rings. The molecule has 4 atom stereocenters. The number of hydrogen-bond acceptors (Lipinski definition) is 4. The van der Waals surface area contributed by atoms with Crippen molar-refractivity contribution in [1.82, 2.24) is 4.90 Å². The summed E-state index contributed by atoms with van der Waals surface area (Å²) in [5.41, 5.74) is -0.574. The molecule has 1 aliphatic rings. The summed E-state index contributed by atoms with van der Waals surface area (Å²) >= 11 is 0. The van der Waals surface area contributed by atoms with E-state index in [0.717, 1.165) is 32.1 Å². The lowest BCUT2D eigenvalue weighted by Gasteiger charge is -2.34. The second kappa shape index (κ2) is 10.1. The van der Waals surface area contributed by atoms with Crippen LogP contribution >= 0.6 is 0 Å². The molecule has 6 heteroatoms. The van der Waals surface area contributed by atoms with Crippen LogP contribution in [0, 0.1) is 11.8 Å². The molecule has 1 saturated heterocycles. The standard InChI is InChI=1S/C20H37NO5/c1-7-14(2)10-9-13-25-17(15(3)18(22)23)16-11-8-12-21(16)19(24)26-20(4,5)6/h14-17H,7-13H2,1-6H3,(H,22,23)/t14?,15-,16+,17-/m1/s1. The summed E-state index contributed by atoms with van der Waals surface area (Å²) in [7, 11) is 0. The van der Waals surface area contributed by atoms with Crippen molar-refractivity contribution in [2.45, 2.75) is 91.4 Å². The Kier molecular flexibility index (Phi) is 8.87. The number of likely N-dealkylation sites (tertiary alicyclic amines) is 1. The van der Waals surface area contributed by atoms with Crippen molar-refractivity contribution in [1.29, 1.82) is 0 Å². The summed E-state index contributed by atoms with van der Waals surface area (Å²) in [6.45, 7) is 12.6. The second-order valence-electron chi connectivity index (χ2n) is 8.50. The molecule has 0 bridgehead atoms. The predicted molar refractivity (Wildman–Crippen MR) is 101 cm³/mol. The Balaban J connectivity index is 2.77. The number of carbonyl (C=O) groups excluding carboxylic acids is 1. The lowest BCUT2D eigenvalue weighted by Crippen LogP contribution is -2.49. The van der Waals surface area contributed by atoms with Gasteiger partial charge in [-0.2, -0.15) is 0 Å². The van der Waals surface area contributed by atoms with Gasteiger partial charge in [0, 0.05) is 13.2 Å². The Morgan fingerprint density at radius 1 is 1.27 bits per heavy atom. The van der Waals surface area contributed by atoms with Gasteiger partial charge in [-0.25, -0.2) is 4.79 Å². The number of carboxylic acid groups (broad SMARTS) is 1. The highest BCUT2D eigenvalue weighted by Crippen LogP contribution is 2.28. The summed E-state index contributed by atoms with van der Waals surface area (Å²) in [4.78, 5) is 25.8. The van der Waals surface area contributed by atoms with Crippen molar-refractivity contribution in [2.24, 2.45) is 11.8 Å². The fourth-order valence-electron chi connectivity index (χ4n) is 3.27. The smallest absolute Gasteiger partial charge is 0.410 e. The van der Waals surface area contributed by atoms with E-state index in [0.29, 0.717) is 19.1 Å². The molecule has 1 amide bonds. The van der Waals surface area contributed by atoms with E-state index < -0.39 is 23.6 Å². The zero-order chi connectivity index (χ0) is 19.9. The Morgan fingerprint density at radius 2 is 1.92 bits per heavy atom. The molecular formula is C20H37NO5. The van der Waals surface area contributed by atoms with Gasteiger partial charge in [-0.3, -0.25) is 4.79 Å². The SMILES string of the molecule is CCC(C)CCCO[C@H]([C@@H](C)C(=O)O)[C@@H]1CCCN1C(=O)OC(C)(C)C. The molecule has 0 aromatic carbocycles. The van der Waals surface area contributed by atoms with Gasteiger partial charge in [0.15, 0.2) is 0 Å².